The van der Waals surface area contributed by atoms with E-state index in [1.54, 1.807) is 9.80 Å². The molecule has 2 saturated heterocycles. The number of amides is 4. The van der Waals surface area contributed by atoms with Gasteiger partial charge in [-0.05, 0) is 92.9 Å². The molecular formula is C42H72Cl2N10O6. The van der Waals surface area contributed by atoms with Gasteiger partial charge in [0.1, 0.15) is 11.2 Å². The van der Waals surface area contributed by atoms with Gasteiger partial charge >= 0.3 is 12.2 Å². The zero-order valence-electron chi connectivity index (χ0n) is 37.9. The van der Waals surface area contributed by atoms with Gasteiger partial charge in [-0.2, -0.15) is 0 Å². The van der Waals surface area contributed by atoms with E-state index in [1.807, 2.05) is 55.4 Å². The number of imidazole rings is 2. The molecule has 0 bridgehead atoms. The summed E-state index contributed by atoms with van der Waals surface area (Å²) in [7, 11) is 0. The number of H-pyrrole nitrogens is 2. The second-order valence-corrected chi connectivity index (χ2v) is 18.3. The summed E-state index contributed by atoms with van der Waals surface area (Å²) in [6.45, 7) is 25.5. The van der Waals surface area contributed by atoms with Crippen molar-refractivity contribution in [2.45, 2.75) is 182 Å². The van der Waals surface area contributed by atoms with Crippen molar-refractivity contribution in [2.24, 2.45) is 0 Å². The van der Waals surface area contributed by atoms with E-state index in [1.165, 1.54) is 0 Å². The lowest BCUT2D eigenvalue weighted by atomic mass is 9.97. The van der Waals surface area contributed by atoms with E-state index in [-0.39, 0.29) is 59.8 Å². The molecule has 2 aromatic heterocycles. The number of carbonyl (C=O) groups excluding carboxylic acids is 4. The molecule has 6 N–H and O–H groups in total. The average Bonchev–Trinajstić information content (AvgIpc) is 3.77. The summed E-state index contributed by atoms with van der Waals surface area (Å²) in [4.78, 5) is 68.4. The second kappa shape index (κ2) is 23.0. The smallest absolute Gasteiger partial charge is 0.410 e. The first-order chi connectivity index (χ1) is 28.1. The van der Waals surface area contributed by atoms with Crippen molar-refractivity contribution < 1.29 is 28.7 Å². The summed E-state index contributed by atoms with van der Waals surface area (Å²) in [6.07, 6.45) is 5.81. The van der Waals surface area contributed by atoms with E-state index in [0.29, 0.717) is 74.3 Å². The third kappa shape index (κ3) is 15.4. The van der Waals surface area contributed by atoms with E-state index < -0.39 is 11.2 Å². The Morgan fingerprint density at radius 3 is 1.23 bits per heavy atom. The molecule has 16 nitrogen and oxygen atoms in total. The van der Waals surface area contributed by atoms with E-state index in [2.05, 4.69) is 68.9 Å². The molecule has 4 amide bonds. The molecule has 2 aliphatic heterocycles. The van der Waals surface area contributed by atoms with Crippen LogP contribution in [0, 0.1) is 0 Å². The highest BCUT2D eigenvalue weighted by molar-refractivity contribution is 6.30. The highest BCUT2D eigenvalue weighted by Gasteiger charge is 2.37. The Morgan fingerprint density at radius 1 is 0.633 bits per heavy atom. The molecule has 0 saturated carbocycles. The lowest BCUT2D eigenvalue weighted by Crippen LogP contribution is -2.62. The number of halogens is 2. The highest BCUT2D eigenvalue weighted by atomic mass is 35.5. The van der Waals surface area contributed by atoms with Gasteiger partial charge in [-0.15, -0.1) is 0 Å². The number of carbonyl (C=O) groups is 4. The molecule has 2 fully saturated rings. The number of aryl methyl sites for hydroxylation is 2. The highest BCUT2D eigenvalue weighted by Crippen LogP contribution is 2.21. The zero-order chi connectivity index (χ0) is 44.9. The van der Waals surface area contributed by atoms with Crippen molar-refractivity contribution in [3.8, 4) is 0 Å². The van der Waals surface area contributed by atoms with E-state index in [9.17, 15) is 19.2 Å². The summed E-state index contributed by atoms with van der Waals surface area (Å²) in [5, 5.41) is 14.0. The molecule has 2 aromatic rings. The number of aromatic amines is 2. The van der Waals surface area contributed by atoms with Gasteiger partial charge in [0.15, 0.2) is 22.0 Å². The van der Waals surface area contributed by atoms with Gasteiger partial charge in [0.25, 0.3) is 11.8 Å². The van der Waals surface area contributed by atoms with Gasteiger partial charge < -0.3 is 50.5 Å². The molecule has 0 radical (unpaired) electrons. The molecule has 340 valence electrons. The van der Waals surface area contributed by atoms with Crippen LogP contribution in [0.25, 0.3) is 0 Å². The average molecular weight is 884 g/mol. The fourth-order valence-corrected chi connectivity index (χ4v) is 7.69. The van der Waals surface area contributed by atoms with Gasteiger partial charge in [-0.25, -0.2) is 19.6 Å². The van der Waals surface area contributed by atoms with E-state index >= 15 is 0 Å². The maximum atomic E-state index is 12.8. The number of likely N-dealkylation sites (tertiary alicyclic amines) is 2. The summed E-state index contributed by atoms with van der Waals surface area (Å²) in [6, 6.07) is 0.166. The molecule has 4 rings (SSSR count). The maximum absolute atomic E-state index is 12.8. The normalized spacial score (nSPS) is 19.8. The lowest BCUT2D eigenvalue weighted by Gasteiger charge is -2.41. The number of ether oxygens (including phenoxy) is 2. The van der Waals surface area contributed by atoms with Crippen molar-refractivity contribution in [3.63, 3.8) is 0 Å². The lowest BCUT2D eigenvalue weighted by molar-refractivity contribution is 0.0145. The molecule has 18 heteroatoms. The van der Waals surface area contributed by atoms with E-state index in [0.717, 1.165) is 37.1 Å². The first kappa shape index (κ1) is 50.8. The van der Waals surface area contributed by atoms with Crippen LogP contribution >= 0.6 is 23.2 Å². The van der Waals surface area contributed by atoms with Crippen LogP contribution in [-0.2, 0) is 22.3 Å². The third-order valence-electron chi connectivity index (χ3n) is 10.6. The minimum Gasteiger partial charge on any atom is -0.444 e. The van der Waals surface area contributed by atoms with Crippen molar-refractivity contribution in [2.75, 3.05) is 26.2 Å². The molecule has 2 aliphatic rings. The molecule has 4 heterocycles. The van der Waals surface area contributed by atoms with Crippen molar-refractivity contribution >= 4 is 47.2 Å². The van der Waals surface area contributed by atoms with Gasteiger partial charge in [0.05, 0.1) is 11.4 Å². The predicted octanol–water partition coefficient (Wildman–Crippen LogP) is 7.02. The van der Waals surface area contributed by atoms with Gasteiger partial charge in [0, 0.05) is 62.4 Å². The van der Waals surface area contributed by atoms with Crippen molar-refractivity contribution in [3.05, 3.63) is 33.3 Å². The molecule has 0 unspecified atom stereocenters. The van der Waals surface area contributed by atoms with Crippen LogP contribution in [0.15, 0.2) is 0 Å². The SMILES string of the molecule is CCc1[nH]c(C(=O)N[C@@H]2CCN(C(=O)OC(C)(C)C)C[C@H]2NC(CC)CC)nc1Cl.CCc1[nH]c(C(=O)N[C@H]2CCN(C(=O)OC(C)(C)C)C[C@H]2NC(CC)CC)nc1Cl. The number of hydrogen-bond acceptors (Lipinski definition) is 10. The molecule has 0 aliphatic carbocycles. The van der Waals surface area contributed by atoms with E-state index in [4.69, 9.17) is 32.7 Å². The minimum atomic E-state index is -0.546. The molecule has 0 aromatic carbocycles. The summed E-state index contributed by atoms with van der Waals surface area (Å²) < 4.78 is 11.1. The number of aromatic nitrogens is 4. The van der Waals surface area contributed by atoms with Crippen LogP contribution in [-0.4, -0.2) is 127 Å². The monoisotopic (exact) mass is 883 g/mol. The molecule has 0 spiro atoms. The quantitative estimate of drug-likeness (QED) is 0.115. The topological polar surface area (TPSA) is 199 Å². The largest absolute Gasteiger partial charge is 0.444 e. The number of nitrogens with zero attached hydrogens (tertiary/aromatic N) is 4. The molecular weight excluding hydrogens is 811 g/mol. The summed E-state index contributed by atoms with van der Waals surface area (Å²) in [5.41, 5.74) is 0.396. The molecule has 4 atom stereocenters. The summed E-state index contributed by atoms with van der Waals surface area (Å²) >= 11 is 12.2. The Hall–Kier alpha value is -3.60. The second-order valence-electron chi connectivity index (χ2n) is 17.6. The Kier molecular flexibility index (Phi) is 19.5. The Labute approximate surface area is 367 Å². The minimum absolute atomic E-state index is 0.0869. The number of hydrogen-bond donors (Lipinski definition) is 6. The van der Waals surface area contributed by atoms with Crippen LogP contribution in [0.1, 0.15) is 154 Å². The van der Waals surface area contributed by atoms with Gasteiger partial charge in [0.2, 0.25) is 0 Å². The van der Waals surface area contributed by atoms with Gasteiger partial charge in [-0.3, -0.25) is 9.59 Å². The fourth-order valence-electron chi connectivity index (χ4n) is 7.16. The van der Waals surface area contributed by atoms with Crippen LogP contribution in [0.4, 0.5) is 9.59 Å². The number of piperidine rings is 2. The number of rotatable bonds is 14. The Morgan fingerprint density at radius 2 is 0.967 bits per heavy atom. The Bertz CT molecular complexity index is 1580. The first-order valence-electron chi connectivity index (χ1n) is 21.7. The molecule has 60 heavy (non-hydrogen) atoms. The standard InChI is InChI=1S/2C21H36ClN5O3/c2*1-7-13(8-2)23-16-12-27(20(29)30-21(4,5)6)11-10-15(16)25-19(28)18-24-14(9-3)17(22)26-18/h2*13,15-16,23H,7-12H2,1-6H3,(H,24,26)(H,25,28)/t15-,16+;15-,16-/m01/s1. The fraction of sp³-hybridized carbons (Fsp3) is 0.762. The van der Waals surface area contributed by atoms with Crippen LogP contribution in [0.2, 0.25) is 10.3 Å². The van der Waals surface area contributed by atoms with Crippen molar-refractivity contribution in [1.82, 2.24) is 51.0 Å². The first-order valence-corrected chi connectivity index (χ1v) is 22.5. The van der Waals surface area contributed by atoms with Gasteiger partial charge in [-0.1, -0.05) is 64.7 Å². The van der Waals surface area contributed by atoms with Crippen molar-refractivity contribution in [1.29, 1.82) is 0 Å². The Balaban J connectivity index is 0.000000320. The van der Waals surface area contributed by atoms with Crippen LogP contribution in [0.3, 0.4) is 0 Å². The predicted molar refractivity (Wildman–Crippen MR) is 236 cm³/mol. The van der Waals surface area contributed by atoms with Crippen LogP contribution in [0.5, 0.6) is 0 Å². The van der Waals surface area contributed by atoms with Crippen LogP contribution < -0.4 is 21.3 Å². The summed E-state index contributed by atoms with van der Waals surface area (Å²) in [5.74, 6) is -0.146. The third-order valence-corrected chi connectivity index (χ3v) is 11.3. The maximum Gasteiger partial charge on any atom is 0.410 e. The zero-order valence-corrected chi connectivity index (χ0v) is 39.5. The number of nitrogens with one attached hydrogen (secondary N) is 6.